The molecule has 1 aliphatic heterocycles. The van der Waals surface area contributed by atoms with E-state index in [-0.39, 0.29) is 17.6 Å². The minimum Gasteiger partial charge on any atom is -0.497 e. The van der Waals surface area contributed by atoms with Gasteiger partial charge in [-0.1, -0.05) is 91.9 Å². The second-order valence-corrected chi connectivity index (χ2v) is 14.7. The molecule has 1 aliphatic rings. The van der Waals surface area contributed by atoms with Gasteiger partial charge < -0.3 is 19.9 Å². The largest absolute Gasteiger partial charge is 0.497 e. The van der Waals surface area contributed by atoms with Gasteiger partial charge in [0.15, 0.2) is 5.60 Å². The molecule has 0 aliphatic carbocycles. The number of aromatic nitrogens is 2. The molecule has 0 saturated carbocycles. The van der Waals surface area contributed by atoms with Crippen LogP contribution in [-0.2, 0) is 48.5 Å². The van der Waals surface area contributed by atoms with Crippen molar-refractivity contribution >= 4 is 17.9 Å². The van der Waals surface area contributed by atoms with E-state index in [0.29, 0.717) is 25.3 Å². The Bertz CT molecular complexity index is 2110. The second-order valence-electron chi connectivity index (χ2n) is 14.7. The standard InChI is InChI=1S/C26H32N2O4.C20H22N2O3/c1-4-17-28-22(19-27(25(28)31)18-21-9-6-5-7-10-21)12-8-11-20-13-15-23(16-14-20)32-26(2,3)24(29)30;1-25-17-12-10-15(11-13-17)8-5-9-18-19(23)22(20(24)21-18)14-16-6-3-2-4-7-16/h5-7,9-10,13-16,19H,4,8,11-12,17-18H2,1-3H3,(H,29,30);2-4,6-7,10-13,18H,5,8-9,14H2,1H3,(H,21,24). The van der Waals surface area contributed by atoms with Gasteiger partial charge in [-0.15, -0.1) is 0 Å². The fourth-order valence-corrected chi connectivity index (χ4v) is 6.67. The number of carbonyl (C=O) groups is 3. The number of hydrogen-bond donors (Lipinski definition) is 2. The van der Waals surface area contributed by atoms with Gasteiger partial charge in [-0.25, -0.2) is 14.4 Å². The van der Waals surface area contributed by atoms with Crippen LogP contribution in [-0.4, -0.2) is 55.8 Å². The topological polar surface area (TPSA) is 132 Å². The van der Waals surface area contributed by atoms with Crippen LogP contribution >= 0.6 is 0 Å². The van der Waals surface area contributed by atoms with E-state index in [2.05, 4.69) is 12.2 Å². The average molecular weight is 775 g/mol. The van der Waals surface area contributed by atoms with Crippen LogP contribution in [0.25, 0.3) is 0 Å². The van der Waals surface area contributed by atoms with Gasteiger partial charge >= 0.3 is 17.7 Å². The number of carboxylic acid groups (broad SMARTS) is 1. The average Bonchev–Trinajstić information content (AvgIpc) is 3.65. The Morgan fingerprint density at radius 3 is 1.86 bits per heavy atom. The summed E-state index contributed by atoms with van der Waals surface area (Å²) >= 11 is 0. The molecule has 1 atom stereocenters. The molecule has 11 nitrogen and oxygen atoms in total. The number of nitrogens with zero attached hydrogens (tertiary/aromatic N) is 3. The smallest absolute Gasteiger partial charge is 0.347 e. The van der Waals surface area contributed by atoms with E-state index < -0.39 is 17.6 Å². The molecule has 5 aromatic rings. The summed E-state index contributed by atoms with van der Waals surface area (Å²) in [5.74, 6) is 0.233. The third kappa shape index (κ3) is 11.9. The molecule has 11 heteroatoms. The van der Waals surface area contributed by atoms with E-state index in [1.165, 1.54) is 24.3 Å². The lowest BCUT2D eigenvalue weighted by Crippen LogP contribution is -2.37. The summed E-state index contributed by atoms with van der Waals surface area (Å²) < 4.78 is 14.4. The zero-order valence-electron chi connectivity index (χ0n) is 33.4. The number of amides is 3. The monoisotopic (exact) mass is 774 g/mol. The van der Waals surface area contributed by atoms with Crippen LogP contribution in [0.15, 0.2) is 120 Å². The highest BCUT2D eigenvalue weighted by atomic mass is 16.5. The lowest BCUT2D eigenvalue weighted by Gasteiger charge is -2.21. The number of carbonyl (C=O) groups excluding carboxylic acids is 2. The predicted molar refractivity (Wildman–Crippen MR) is 221 cm³/mol. The molecule has 0 radical (unpaired) electrons. The van der Waals surface area contributed by atoms with E-state index in [9.17, 15) is 24.3 Å². The summed E-state index contributed by atoms with van der Waals surface area (Å²) in [4.78, 5) is 50.0. The van der Waals surface area contributed by atoms with Gasteiger partial charge in [0, 0.05) is 18.4 Å². The van der Waals surface area contributed by atoms with Gasteiger partial charge in [-0.2, -0.15) is 0 Å². The molecule has 2 N–H and O–H groups in total. The third-order valence-corrected chi connectivity index (χ3v) is 9.89. The van der Waals surface area contributed by atoms with Gasteiger partial charge in [0.05, 0.1) is 20.2 Å². The highest BCUT2D eigenvalue weighted by molar-refractivity contribution is 6.04. The summed E-state index contributed by atoms with van der Waals surface area (Å²) in [5, 5.41) is 12.0. The summed E-state index contributed by atoms with van der Waals surface area (Å²) in [5.41, 5.74) is 4.26. The molecule has 1 fully saturated rings. The SMILES string of the molecule is CCCn1c(CCCc2ccc(OC(C)(C)C(=O)O)cc2)cn(Cc2ccccc2)c1=O.COc1ccc(CCCC2NC(=O)N(Cc3ccccc3)C2=O)cc1. The first-order chi connectivity index (χ1) is 27.5. The fraction of sp³-hybridized carbons (Fsp3) is 0.348. The number of methoxy groups -OCH3 is 1. The van der Waals surface area contributed by atoms with Crippen molar-refractivity contribution in [1.29, 1.82) is 0 Å². The van der Waals surface area contributed by atoms with Crippen LogP contribution in [0, 0.1) is 0 Å². The first kappa shape index (κ1) is 42.1. The van der Waals surface area contributed by atoms with Crippen LogP contribution in [0.4, 0.5) is 4.79 Å². The van der Waals surface area contributed by atoms with Crippen molar-refractivity contribution in [2.45, 2.75) is 97.0 Å². The Morgan fingerprint density at radius 2 is 1.30 bits per heavy atom. The lowest BCUT2D eigenvalue weighted by atomic mass is 10.0. The molecule has 1 saturated heterocycles. The van der Waals surface area contributed by atoms with E-state index in [1.807, 2.05) is 120 Å². The van der Waals surface area contributed by atoms with Gasteiger partial charge in [0.1, 0.15) is 17.5 Å². The summed E-state index contributed by atoms with van der Waals surface area (Å²) in [6.45, 7) is 6.77. The van der Waals surface area contributed by atoms with E-state index >= 15 is 0 Å². The number of aliphatic carboxylic acids is 1. The van der Waals surface area contributed by atoms with Crippen LogP contribution in [0.3, 0.4) is 0 Å². The van der Waals surface area contributed by atoms with E-state index in [0.717, 1.165) is 73.2 Å². The number of carboxylic acids is 1. The molecular formula is C46H54N4O7. The second kappa shape index (κ2) is 20.2. The van der Waals surface area contributed by atoms with Gasteiger partial charge in [0.2, 0.25) is 0 Å². The van der Waals surface area contributed by atoms with Crippen molar-refractivity contribution in [3.05, 3.63) is 154 Å². The summed E-state index contributed by atoms with van der Waals surface area (Å²) in [6.07, 6.45) is 7.85. The van der Waals surface area contributed by atoms with Gasteiger partial charge in [-0.3, -0.25) is 18.8 Å². The normalized spacial score (nSPS) is 13.8. The number of rotatable bonds is 18. The van der Waals surface area contributed by atoms with Crippen molar-refractivity contribution in [2.24, 2.45) is 0 Å². The van der Waals surface area contributed by atoms with Crippen LogP contribution in [0.2, 0.25) is 0 Å². The zero-order chi connectivity index (χ0) is 40.8. The maximum atomic E-state index is 12.9. The van der Waals surface area contributed by atoms with Crippen molar-refractivity contribution < 1.29 is 29.0 Å². The van der Waals surface area contributed by atoms with Crippen LogP contribution in [0.5, 0.6) is 11.5 Å². The Kier molecular flexibility index (Phi) is 14.9. The maximum Gasteiger partial charge on any atom is 0.347 e. The third-order valence-electron chi connectivity index (χ3n) is 9.89. The summed E-state index contributed by atoms with van der Waals surface area (Å²) in [6, 6.07) is 34.3. The van der Waals surface area contributed by atoms with Crippen LogP contribution < -0.4 is 20.5 Å². The van der Waals surface area contributed by atoms with E-state index in [1.54, 1.807) is 11.7 Å². The predicted octanol–water partition coefficient (Wildman–Crippen LogP) is 7.66. The van der Waals surface area contributed by atoms with E-state index in [4.69, 9.17) is 9.47 Å². The van der Waals surface area contributed by atoms with Gasteiger partial charge in [0.25, 0.3) is 5.91 Å². The Balaban J connectivity index is 0.000000224. The van der Waals surface area contributed by atoms with Crippen molar-refractivity contribution in [3.63, 3.8) is 0 Å². The van der Waals surface area contributed by atoms with Crippen LogP contribution in [0.1, 0.15) is 74.4 Å². The Labute approximate surface area is 334 Å². The number of imide groups is 1. The quantitative estimate of drug-likeness (QED) is 0.0874. The first-order valence-electron chi connectivity index (χ1n) is 19.6. The highest BCUT2D eigenvalue weighted by Gasteiger charge is 2.37. The highest BCUT2D eigenvalue weighted by Crippen LogP contribution is 2.21. The number of ether oxygens (including phenoxy) is 2. The molecule has 57 heavy (non-hydrogen) atoms. The van der Waals surface area contributed by atoms with Gasteiger partial charge in [-0.05, 0) is 105 Å². The molecule has 4 aromatic carbocycles. The zero-order valence-corrected chi connectivity index (χ0v) is 33.4. The molecule has 0 bridgehead atoms. The first-order valence-corrected chi connectivity index (χ1v) is 19.6. The lowest BCUT2D eigenvalue weighted by molar-refractivity contribution is -0.152. The molecule has 300 valence electrons. The molecule has 0 spiro atoms. The van der Waals surface area contributed by atoms with Crippen molar-refractivity contribution in [3.8, 4) is 11.5 Å². The Morgan fingerprint density at radius 1 is 0.737 bits per heavy atom. The summed E-state index contributed by atoms with van der Waals surface area (Å²) in [7, 11) is 1.64. The number of urea groups is 1. The number of benzene rings is 4. The van der Waals surface area contributed by atoms with Crippen molar-refractivity contribution in [1.82, 2.24) is 19.4 Å². The maximum absolute atomic E-state index is 12.9. The molecule has 3 amide bonds. The minimum absolute atomic E-state index is 0.0493. The minimum atomic E-state index is -1.27. The Hall–Kier alpha value is -6.10. The number of nitrogens with one attached hydrogen (secondary N) is 1. The molecule has 1 aromatic heterocycles. The molecule has 2 heterocycles. The number of imidazole rings is 1. The molecule has 1 unspecified atom stereocenters. The number of hydrogen-bond acceptors (Lipinski definition) is 6. The molecule has 6 rings (SSSR count). The number of aryl methyl sites for hydroxylation is 3. The van der Waals surface area contributed by atoms with Crippen molar-refractivity contribution in [2.75, 3.05) is 7.11 Å². The molecular weight excluding hydrogens is 721 g/mol. The fourth-order valence-electron chi connectivity index (χ4n) is 6.67.